The van der Waals surface area contributed by atoms with Gasteiger partial charge in [0.25, 0.3) is 5.56 Å². The summed E-state index contributed by atoms with van der Waals surface area (Å²) in [5.74, 6) is 0.863. The molecule has 88 valence electrons. The highest BCUT2D eigenvalue weighted by molar-refractivity contribution is 5.81. The number of hydrogen-bond acceptors (Lipinski definition) is 2. The van der Waals surface area contributed by atoms with E-state index in [0.29, 0.717) is 0 Å². The van der Waals surface area contributed by atoms with E-state index in [-0.39, 0.29) is 5.56 Å². The lowest BCUT2D eigenvalue weighted by Gasteiger charge is -2.05. The van der Waals surface area contributed by atoms with E-state index in [0.717, 1.165) is 35.5 Å². The fourth-order valence-corrected chi connectivity index (χ4v) is 2.09. The summed E-state index contributed by atoms with van der Waals surface area (Å²) in [7, 11) is 0. The van der Waals surface area contributed by atoms with Crippen molar-refractivity contribution in [1.29, 1.82) is 0 Å². The molecule has 0 amide bonds. The van der Waals surface area contributed by atoms with Crippen LogP contribution in [0.25, 0.3) is 10.8 Å². The first kappa shape index (κ1) is 10.5. The Morgan fingerprint density at radius 2 is 2.12 bits per heavy atom. The lowest BCUT2D eigenvalue weighted by Crippen LogP contribution is -2.19. The minimum atomic E-state index is 0.00585. The fraction of sp³-hybridized carbons (Fsp3) is 0.357. The van der Waals surface area contributed by atoms with Crippen LogP contribution in [-0.4, -0.2) is 11.5 Å². The van der Waals surface area contributed by atoms with Crippen LogP contribution in [0.4, 0.5) is 0 Å². The van der Waals surface area contributed by atoms with Crippen LogP contribution >= 0.6 is 0 Å². The summed E-state index contributed by atoms with van der Waals surface area (Å²) in [5, 5.41) is 5.16. The van der Waals surface area contributed by atoms with Crippen LogP contribution in [0, 0.1) is 5.92 Å². The Morgan fingerprint density at radius 1 is 1.29 bits per heavy atom. The second kappa shape index (κ2) is 4.34. The van der Waals surface area contributed by atoms with Gasteiger partial charge in [0.1, 0.15) is 0 Å². The molecule has 0 aliphatic heterocycles. The standard InChI is InChI=1S/C14H16N2O/c17-14-13-4-2-1-3-11(13)7-12(16-14)9-15-8-10-5-6-10/h1-4,7,10,15H,5-6,8-9H2,(H,16,17). The van der Waals surface area contributed by atoms with Crippen molar-refractivity contribution < 1.29 is 0 Å². The molecule has 0 spiro atoms. The largest absolute Gasteiger partial charge is 0.324 e. The molecule has 2 aromatic rings. The molecule has 17 heavy (non-hydrogen) atoms. The maximum Gasteiger partial charge on any atom is 0.256 e. The van der Waals surface area contributed by atoms with Gasteiger partial charge in [0.2, 0.25) is 0 Å². The van der Waals surface area contributed by atoms with E-state index in [1.54, 1.807) is 0 Å². The zero-order chi connectivity index (χ0) is 11.7. The van der Waals surface area contributed by atoms with E-state index in [4.69, 9.17) is 0 Å². The summed E-state index contributed by atoms with van der Waals surface area (Å²) in [5.41, 5.74) is 0.973. The topological polar surface area (TPSA) is 44.9 Å². The predicted octanol–water partition coefficient (Wildman–Crippen LogP) is 2.03. The Labute approximate surface area is 99.9 Å². The average Bonchev–Trinajstić information content (AvgIpc) is 3.13. The van der Waals surface area contributed by atoms with Crippen molar-refractivity contribution in [3.8, 4) is 0 Å². The number of aromatic amines is 1. The molecular weight excluding hydrogens is 212 g/mol. The normalized spacial score (nSPS) is 15.3. The number of rotatable bonds is 4. The minimum absolute atomic E-state index is 0.00585. The third-order valence-corrected chi connectivity index (χ3v) is 3.25. The van der Waals surface area contributed by atoms with Crippen LogP contribution in [0.5, 0.6) is 0 Å². The molecule has 1 heterocycles. The van der Waals surface area contributed by atoms with Gasteiger partial charge in [-0.1, -0.05) is 18.2 Å². The summed E-state index contributed by atoms with van der Waals surface area (Å²) in [6.45, 7) is 1.81. The van der Waals surface area contributed by atoms with Gasteiger partial charge in [-0.05, 0) is 42.8 Å². The number of benzene rings is 1. The van der Waals surface area contributed by atoms with Crippen molar-refractivity contribution >= 4 is 10.8 Å². The highest BCUT2D eigenvalue weighted by atomic mass is 16.1. The first-order chi connectivity index (χ1) is 8.33. The van der Waals surface area contributed by atoms with Crippen LogP contribution < -0.4 is 10.9 Å². The molecule has 1 aliphatic carbocycles. The second-order valence-electron chi connectivity index (χ2n) is 4.79. The van der Waals surface area contributed by atoms with Crippen LogP contribution in [0.2, 0.25) is 0 Å². The van der Waals surface area contributed by atoms with Gasteiger partial charge in [-0.25, -0.2) is 0 Å². The van der Waals surface area contributed by atoms with Crippen molar-refractivity contribution in [2.24, 2.45) is 5.92 Å². The number of nitrogens with one attached hydrogen (secondary N) is 2. The summed E-state index contributed by atoms with van der Waals surface area (Å²) in [6, 6.07) is 9.74. The molecule has 0 bridgehead atoms. The fourth-order valence-electron chi connectivity index (χ4n) is 2.09. The molecule has 2 N–H and O–H groups in total. The zero-order valence-corrected chi connectivity index (χ0v) is 9.70. The van der Waals surface area contributed by atoms with Gasteiger partial charge in [0.05, 0.1) is 0 Å². The molecular formula is C14H16N2O. The van der Waals surface area contributed by atoms with Crippen molar-refractivity contribution in [1.82, 2.24) is 10.3 Å². The Hall–Kier alpha value is -1.61. The summed E-state index contributed by atoms with van der Waals surface area (Å²) in [4.78, 5) is 14.8. The molecule has 1 saturated carbocycles. The molecule has 0 radical (unpaired) electrons. The van der Waals surface area contributed by atoms with Gasteiger partial charge in [0, 0.05) is 17.6 Å². The van der Waals surface area contributed by atoms with Gasteiger partial charge >= 0.3 is 0 Å². The molecule has 1 aromatic carbocycles. The van der Waals surface area contributed by atoms with E-state index < -0.39 is 0 Å². The first-order valence-corrected chi connectivity index (χ1v) is 6.14. The average molecular weight is 228 g/mol. The van der Waals surface area contributed by atoms with E-state index >= 15 is 0 Å². The van der Waals surface area contributed by atoms with E-state index in [2.05, 4.69) is 16.4 Å². The molecule has 3 heteroatoms. The maximum atomic E-state index is 11.8. The van der Waals surface area contributed by atoms with Crippen LogP contribution in [0.15, 0.2) is 35.1 Å². The zero-order valence-electron chi connectivity index (χ0n) is 9.70. The highest BCUT2D eigenvalue weighted by Crippen LogP contribution is 2.27. The maximum absolute atomic E-state index is 11.8. The Kier molecular flexibility index (Phi) is 2.69. The summed E-state index contributed by atoms with van der Waals surface area (Å²) < 4.78 is 0. The molecule has 0 saturated heterocycles. The van der Waals surface area contributed by atoms with Crippen molar-refractivity contribution in [2.45, 2.75) is 19.4 Å². The van der Waals surface area contributed by atoms with Gasteiger partial charge in [-0.2, -0.15) is 0 Å². The number of fused-ring (bicyclic) bond motifs is 1. The van der Waals surface area contributed by atoms with Crippen LogP contribution in [0.3, 0.4) is 0 Å². The molecule has 1 fully saturated rings. The lowest BCUT2D eigenvalue weighted by molar-refractivity contribution is 0.630. The number of pyridine rings is 1. The quantitative estimate of drug-likeness (QED) is 0.841. The summed E-state index contributed by atoms with van der Waals surface area (Å²) in [6.07, 6.45) is 2.70. The van der Waals surface area contributed by atoms with Gasteiger partial charge in [-0.3, -0.25) is 4.79 Å². The molecule has 3 rings (SSSR count). The smallest absolute Gasteiger partial charge is 0.256 e. The van der Waals surface area contributed by atoms with Crippen molar-refractivity contribution in [2.75, 3.05) is 6.54 Å². The first-order valence-electron chi connectivity index (χ1n) is 6.14. The molecule has 1 aromatic heterocycles. The van der Waals surface area contributed by atoms with Crippen molar-refractivity contribution in [3.05, 3.63) is 46.4 Å². The Morgan fingerprint density at radius 3 is 2.94 bits per heavy atom. The SMILES string of the molecule is O=c1[nH]c(CNCC2CC2)cc2ccccc12. The van der Waals surface area contributed by atoms with Gasteiger partial charge in [-0.15, -0.1) is 0 Å². The summed E-state index contributed by atoms with van der Waals surface area (Å²) >= 11 is 0. The number of aromatic nitrogens is 1. The van der Waals surface area contributed by atoms with E-state index in [9.17, 15) is 4.79 Å². The molecule has 0 atom stereocenters. The molecule has 3 nitrogen and oxygen atoms in total. The van der Waals surface area contributed by atoms with Gasteiger partial charge < -0.3 is 10.3 Å². The van der Waals surface area contributed by atoms with Crippen LogP contribution in [-0.2, 0) is 6.54 Å². The second-order valence-corrected chi connectivity index (χ2v) is 4.79. The van der Waals surface area contributed by atoms with Gasteiger partial charge in [0.15, 0.2) is 0 Å². The Bertz CT molecular complexity index is 584. The third kappa shape index (κ3) is 2.39. The third-order valence-electron chi connectivity index (χ3n) is 3.25. The van der Waals surface area contributed by atoms with E-state index in [1.807, 2.05) is 24.3 Å². The highest BCUT2D eigenvalue weighted by Gasteiger charge is 2.20. The molecule has 0 unspecified atom stereocenters. The van der Waals surface area contributed by atoms with Crippen molar-refractivity contribution in [3.63, 3.8) is 0 Å². The Balaban J connectivity index is 1.81. The molecule has 1 aliphatic rings. The number of H-pyrrole nitrogens is 1. The van der Waals surface area contributed by atoms with Crippen LogP contribution in [0.1, 0.15) is 18.5 Å². The monoisotopic (exact) mass is 228 g/mol. The lowest BCUT2D eigenvalue weighted by atomic mass is 10.1. The number of hydrogen-bond donors (Lipinski definition) is 2. The minimum Gasteiger partial charge on any atom is -0.324 e. The predicted molar refractivity (Wildman–Crippen MR) is 69.0 cm³/mol. The van der Waals surface area contributed by atoms with E-state index in [1.165, 1.54) is 12.8 Å².